The van der Waals surface area contributed by atoms with Crippen molar-refractivity contribution in [2.45, 2.75) is 6.18 Å². The van der Waals surface area contributed by atoms with Gasteiger partial charge in [0.15, 0.2) is 5.15 Å². The molecular formula is C9H7ClF3N3. The molecule has 0 unspecified atom stereocenters. The van der Waals surface area contributed by atoms with Gasteiger partial charge in [-0.3, -0.25) is 0 Å². The second-order valence-corrected chi connectivity index (χ2v) is 3.56. The Morgan fingerprint density at radius 1 is 1.44 bits per heavy atom. The highest BCUT2D eigenvalue weighted by Crippen LogP contribution is 2.27. The third-order valence-electron chi connectivity index (χ3n) is 2.03. The molecule has 2 rings (SSSR count). The fraction of sp³-hybridized carbons (Fsp3) is 0.222. The lowest BCUT2D eigenvalue weighted by atomic mass is 10.3. The summed E-state index contributed by atoms with van der Waals surface area (Å²) in [5.74, 6) is 0. The van der Waals surface area contributed by atoms with E-state index in [2.05, 4.69) is 15.3 Å². The average Bonchev–Trinajstić information content (AvgIpc) is 2.65. The number of hydrogen-bond donors (Lipinski definition) is 2. The zero-order chi connectivity index (χ0) is 11.8. The molecule has 0 bridgehead atoms. The van der Waals surface area contributed by atoms with E-state index in [0.717, 1.165) is 0 Å². The van der Waals surface area contributed by atoms with Gasteiger partial charge in [-0.2, -0.15) is 13.2 Å². The van der Waals surface area contributed by atoms with Gasteiger partial charge in [-0.25, -0.2) is 4.98 Å². The maximum absolute atomic E-state index is 12.0. The predicted molar refractivity (Wildman–Crippen MR) is 55.6 cm³/mol. The van der Waals surface area contributed by atoms with Crippen molar-refractivity contribution in [2.24, 2.45) is 0 Å². The Bertz CT molecular complexity index is 506. The van der Waals surface area contributed by atoms with E-state index in [1.807, 2.05) is 0 Å². The molecule has 86 valence electrons. The van der Waals surface area contributed by atoms with Gasteiger partial charge in [-0.05, 0) is 6.07 Å². The number of anilines is 1. The van der Waals surface area contributed by atoms with Crippen LogP contribution in [0.15, 0.2) is 18.5 Å². The number of alkyl halides is 3. The lowest BCUT2D eigenvalue weighted by molar-refractivity contribution is -0.115. The first kappa shape index (κ1) is 11.1. The van der Waals surface area contributed by atoms with Crippen molar-refractivity contribution in [1.29, 1.82) is 0 Å². The van der Waals surface area contributed by atoms with E-state index in [9.17, 15) is 13.2 Å². The molecule has 0 amide bonds. The lowest BCUT2D eigenvalue weighted by Gasteiger charge is -2.10. The number of nitrogens with one attached hydrogen (secondary N) is 2. The summed E-state index contributed by atoms with van der Waals surface area (Å²) in [5.41, 5.74) is 0.826. The van der Waals surface area contributed by atoms with Crippen molar-refractivity contribution in [3.63, 3.8) is 0 Å². The van der Waals surface area contributed by atoms with Gasteiger partial charge >= 0.3 is 6.18 Å². The van der Waals surface area contributed by atoms with Gasteiger partial charge in [-0.15, -0.1) is 0 Å². The van der Waals surface area contributed by atoms with Crippen molar-refractivity contribution in [3.05, 3.63) is 23.6 Å². The van der Waals surface area contributed by atoms with E-state index >= 15 is 0 Å². The summed E-state index contributed by atoms with van der Waals surface area (Å²) in [5, 5.41) is 3.10. The largest absolute Gasteiger partial charge is 0.405 e. The molecule has 0 fully saturated rings. The van der Waals surface area contributed by atoms with Crippen molar-refractivity contribution >= 4 is 28.2 Å². The normalized spacial score (nSPS) is 12.0. The minimum atomic E-state index is -4.26. The number of pyridine rings is 1. The van der Waals surface area contributed by atoms with Crippen LogP contribution in [0.3, 0.4) is 0 Å². The maximum Gasteiger partial charge on any atom is 0.405 e. The minimum absolute atomic E-state index is 0.234. The van der Waals surface area contributed by atoms with E-state index in [4.69, 9.17) is 11.6 Å². The monoisotopic (exact) mass is 249 g/mol. The summed E-state index contributed by atoms with van der Waals surface area (Å²) in [7, 11) is 0. The number of H-pyrrole nitrogens is 1. The Morgan fingerprint density at radius 3 is 2.88 bits per heavy atom. The van der Waals surface area contributed by atoms with Crippen LogP contribution in [0, 0.1) is 0 Å². The Balaban J connectivity index is 2.31. The predicted octanol–water partition coefficient (Wildman–Crippen LogP) is 3.19. The number of aromatic nitrogens is 2. The van der Waals surface area contributed by atoms with Crippen LogP contribution in [0.5, 0.6) is 0 Å². The standard InChI is InChI=1S/C9H7ClF3N3/c10-8-7-5(1-2-14-7)6(3-15-8)16-4-9(11,12)13/h1-3,14,16H,4H2. The first-order chi connectivity index (χ1) is 7.47. The van der Waals surface area contributed by atoms with E-state index in [-0.39, 0.29) is 5.15 Å². The molecule has 2 aromatic heterocycles. The molecule has 0 saturated heterocycles. The molecule has 0 aliphatic rings. The Kier molecular flexibility index (Phi) is 2.67. The van der Waals surface area contributed by atoms with Gasteiger partial charge in [-0.1, -0.05) is 11.6 Å². The van der Waals surface area contributed by atoms with Crippen molar-refractivity contribution < 1.29 is 13.2 Å². The first-order valence-electron chi connectivity index (χ1n) is 4.39. The van der Waals surface area contributed by atoms with Crippen LogP contribution in [0.4, 0.5) is 18.9 Å². The highest BCUT2D eigenvalue weighted by molar-refractivity contribution is 6.34. The summed E-state index contributed by atoms with van der Waals surface area (Å²) >= 11 is 5.77. The lowest BCUT2D eigenvalue weighted by Crippen LogP contribution is -2.21. The molecule has 0 aromatic carbocycles. The Hall–Kier alpha value is -1.43. The van der Waals surface area contributed by atoms with Crippen LogP contribution in [0.25, 0.3) is 10.9 Å². The number of hydrogen-bond acceptors (Lipinski definition) is 2. The molecule has 0 atom stereocenters. The van der Waals surface area contributed by atoms with Gasteiger partial charge in [0.05, 0.1) is 17.4 Å². The Morgan fingerprint density at radius 2 is 2.19 bits per heavy atom. The van der Waals surface area contributed by atoms with Gasteiger partial charge < -0.3 is 10.3 Å². The Labute approximate surface area is 93.6 Å². The minimum Gasteiger partial charge on any atom is -0.375 e. The van der Waals surface area contributed by atoms with E-state index < -0.39 is 12.7 Å². The molecule has 2 heterocycles. The van der Waals surface area contributed by atoms with Crippen LogP contribution in [0.2, 0.25) is 5.15 Å². The van der Waals surface area contributed by atoms with Crippen LogP contribution < -0.4 is 5.32 Å². The molecule has 2 aromatic rings. The van der Waals surface area contributed by atoms with Gasteiger partial charge in [0.2, 0.25) is 0 Å². The van der Waals surface area contributed by atoms with Crippen LogP contribution in [-0.4, -0.2) is 22.7 Å². The molecule has 2 N–H and O–H groups in total. The van der Waals surface area contributed by atoms with Crippen molar-refractivity contribution in [3.8, 4) is 0 Å². The second-order valence-electron chi connectivity index (χ2n) is 3.20. The SMILES string of the molecule is FC(F)(F)CNc1cnc(Cl)c2[nH]ccc12. The quantitative estimate of drug-likeness (QED) is 0.803. The van der Waals surface area contributed by atoms with E-state index in [0.29, 0.717) is 16.6 Å². The molecule has 0 spiro atoms. The van der Waals surface area contributed by atoms with Crippen LogP contribution in [-0.2, 0) is 0 Å². The van der Waals surface area contributed by atoms with Gasteiger partial charge in [0.25, 0.3) is 0 Å². The summed E-state index contributed by atoms with van der Waals surface area (Å²) < 4.78 is 36.1. The first-order valence-corrected chi connectivity index (χ1v) is 4.77. The fourth-order valence-corrected chi connectivity index (χ4v) is 1.56. The average molecular weight is 250 g/mol. The third-order valence-corrected chi connectivity index (χ3v) is 2.32. The number of aromatic amines is 1. The number of rotatable bonds is 2. The topological polar surface area (TPSA) is 40.7 Å². The van der Waals surface area contributed by atoms with E-state index in [1.54, 1.807) is 12.3 Å². The smallest absolute Gasteiger partial charge is 0.375 e. The molecule has 0 radical (unpaired) electrons. The highest BCUT2D eigenvalue weighted by Gasteiger charge is 2.27. The number of fused-ring (bicyclic) bond motifs is 1. The maximum atomic E-state index is 12.0. The molecule has 0 aliphatic carbocycles. The zero-order valence-electron chi connectivity index (χ0n) is 7.90. The van der Waals surface area contributed by atoms with Crippen molar-refractivity contribution in [2.75, 3.05) is 11.9 Å². The highest BCUT2D eigenvalue weighted by atomic mass is 35.5. The summed E-state index contributed by atoms with van der Waals surface area (Å²) in [6.07, 6.45) is -1.39. The van der Waals surface area contributed by atoms with Crippen LogP contribution in [0.1, 0.15) is 0 Å². The van der Waals surface area contributed by atoms with Gasteiger partial charge in [0.1, 0.15) is 6.54 Å². The van der Waals surface area contributed by atoms with Gasteiger partial charge in [0, 0.05) is 11.6 Å². The number of halogens is 4. The molecule has 7 heteroatoms. The summed E-state index contributed by atoms with van der Waals surface area (Å²) in [4.78, 5) is 6.59. The summed E-state index contributed by atoms with van der Waals surface area (Å²) in [6.45, 7) is -1.10. The van der Waals surface area contributed by atoms with E-state index in [1.165, 1.54) is 6.20 Å². The van der Waals surface area contributed by atoms with Crippen molar-refractivity contribution in [1.82, 2.24) is 9.97 Å². The number of nitrogens with zero attached hydrogens (tertiary/aromatic N) is 1. The second kappa shape index (κ2) is 3.86. The molecule has 0 saturated carbocycles. The molecular weight excluding hydrogens is 243 g/mol. The molecule has 16 heavy (non-hydrogen) atoms. The summed E-state index contributed by atoms with van der Waals surface area (Å²) in [6, 6.07) is 1.64. The molecule has 0 aliphatic heterocycles. The van der Waals surface area contributed by atoms with Crippen LogP contribution >= 0.6 is 11.6 Å². The molecule has 3 nitrogen and oxygen atoms in total. The third kappa shape index (κ3) is 2.21. The fourth-order valence-electron chi connectivity index (χ4n) is 1.36. The zero-order valence-corrected chi connectivity index (χ0v) is 8.65.